The number of nitrogens with one attached hydrogen (secondary N) is 2. The second-order valence-electron chi connectivity index (χ2n) is 5.66. The second kappa shape index (κ2) is 7.14. The molecule has 4 nitrogen and oxygen atoms in total. The molecule has 0 aliphatic heterocycles. The van der Waals surface area contributed by atoms with Crippen molar-refractivity contribution in [2.24, 2.45) is 0 Å². The Labute approximate surface area is 131 Å². The van der Waals surface area contributed by atoms with Crippen molar-refractivity contribution in [2.75, 3.05) is 19.5 Å². The fourth-order valence-electron chi connectivity index (χ4n) is 3.02. The van der Waals surface area contributed by atoms with Gasteiger partial charge in [0, 0.05) is 17.0 Å². The Hall–Kier alpha value is -1.26. The molecule has 0 bridgehead atoms. The lowest BCUT2D eigenvalue weighted by molar-refractivity contribution is -0.117. The molecule has 0 aromatic heterocycles. The molecular formula is C16H23ClN2O2. The molecule has 1 amide bonds. The summed E-state index contributed by atoms with van der Waals surface area (Å²) < 4.78 is 5.25. The van der Waals surface area contributed by atoms with Crippen LogP contribution in [0.3, 0.4) is 0 Å². The van der Waals surface area contributed by atoms with Gasteiger partial charge in [-0.15, -0.1) is 0 Å². The molecule has 116 valence electrons. The summed E-state index contributed by atoms with van der Waals surface area (Å²) in [5, 5.41) is 6.85. The summed E-state index contributed by atoms with van der Waals surface area (Å²) in [6.45, 7) is 0. The fraction of sp³-hybridized carbons (Fsp3) is 0.562. The van der Waals surface area contributed by atoms with Crippen LogP contribution in [-0.4, -0.2) is 25.6 Å². The van der Waals surface area contributed by atoms with Gasteiger partial charge in [-0.1, -0.05) is 30.9 Å². The third kappa shape index (κ3) is 4.11. The van der Waals surface area contributed by atoms with Crippen molar-refractivity contribution >= 4 is 23.2 Å². The SMILES string of the molecule is CNC1(CC(=O)Nc2cc(Cl)ccc2OC)CCCCC1. The summed E-state index contributed by atoms with van der Waals surface area (Å²) in [5.41, 5.74) is 0.547. The Bertz CT molecular complexity index is 499. The molecule has 0 spiro atoms. The number of rotatable bonds is 5. The molecule has 2 rings (SSSR count). The first kappa shape index (κ1) is 16.1. The number of hydrogen-bond donors (Lipinski definition) is 2. The molecule has 1 fully saturated rings. The zero-order chi connectivity index (χ0) is 15.3. The standard InChI is InChI=1S/C16H23ClN2O2/c1-18-16(8-4-3-5-9-16)11-15(20)19-13-10-12(17)6-7-14(13)21-2/h6-7,10,18H,3-5,8-9,11H2,1-2H3,(H,19,20). The molecule has 1 aromatic rings. The maximum Gasteiger partial charge on any atom is 0.226 e. The lowest BCUT2D eigenvalue weighted by Crippen LogP contribution is -2.47. The van der Waals surface area contributed by atoms with Gasteiger partial charge in [-0.2, -0.15) is 0 Å². The summed E-state index contributed by atoms with van der Waals surface area (Å²) in [6, 6.07) is 5.21. The molecule has 0 saturated heterocycles. The third-order valence-corrected chi connectivity index (χ3v) is 4.51. The summed E-state index contributed by atoms with van der Waals surface area (Å²) >= 11 is 5.98. The van der Waals surface area contributed by atoms with E-state index in [1.807, 2.05) is 7.05 Å². The predicted molar refractivity (Wildman–Crippen MR) is 86.1 cm³/mol. The van der Waals surface area contributed by atoms with Crippen LogP contribution in [0.4, 0.5) is 5.69 Å². The third-order valence-electron chi connectivity index (χ3n) is 4.28. The van der Waals surface area contributed by atoms with E-state index in [1.165, 1.54) is 19.3 Å². The van der Waals surface area contributed by atoms with E-state index in [1.54, 1.807) is 25.3 Å². The van der Waals surface area contributed by atoms with Crippen LogP contribution >= 0.6 is 11.6 Å². The van der Waals surface area contributed by atoms with Crippen LogP contribution in [0, 0.1) is 0 Å². The van der Waals surface area contributed by atoms with E-state index in [4.69, 9.17) is 16.3 Å². The average Bonchev–Trinajstić information content (AvgIpc) is 2.48. The van der Waals surface area contributed by atoms with Crippen molar-refractivity contribution in [3.8, 4) is 5.75 Å². The lowest BCUT2D eigenvalue weighted by Gasteiger charge is -2.36. The van der Waals surface area contributed by atoms with Gasteiger partial charge in [0.15, 0.2) is 0 Å². The smallest absolute Gasteiger partial charge is 0.226 e. The van der Waals surface area contributed by atoms with Crippen molar-refractivity contribution in [3.05, 3.63) is 23.2 Å². The Morgan fingerprint density at radius 2 is 2.05 bits per heavy atom. The predicted octanol–water partition coefficient (Wildman–Crippen LogP) is 3.60. The molecule has 0 atom stereocenters. The maximum atomic E-state index is 12.4. The van der Waals surface area contributed by atoms with Crippen molar-refractivity contribution in [3.63, 3.8) is 0 Å². The minimum Gasteiger partial charge on any atom is -0.495 e. The first-order valence-electron chi connectivity index (χ1n) is 7.41. The molecule has 21 heavy (non-hydrogen) atoms. The number of methoxy groups -OCH3 is 1. The van der Waals surface area contributed by atoms with Crippen LogP contribution < -0.4 is 15.4 Å². The van der Waals surface area contributed by atoms with Gasteiger partial charge in [-0.05, 0) is 38.1 Å². The molecule has 0 unspecified atom stereocenters. The van der Waals surface area contributed by atoms with Gasteiger partial charge in [-0.3, -0.25) is 4.79 Å². The number of carbonyl (C=O) groups excluding carboxylic acids is 1. The molecule has 2 N–H and O–H groups in total. The first-order valence-corrected chi connectivity index (χ1v) is 7.79. The van der Waals surface area contributed by atoms with Crippen LogP contribution in [0.15, 0.2) is 18.2 Å². The highest BCUT2D eigenvalue weighted by molar-refractivity contribution is 6.31. The van der Waals surface area contributed by atoms with Crippen molar-refractivity contribution in [1.29, 1.82) is 0 Å². The zero-order valence-corrected chi connectivity index (χ0v) is 13.4. The highest BCUT2D eigenvalue weighted by Gasteiger charge is 2.32. The van der Waals surface area contributed by atoms with E-state index >= 15 is 0 Å². The number of ether oxygens (including phenoxy) is 1. The Kier molecular flexibility index (Phi) is 5.48. The monoisotopic (exact) mass is 310 g/mol. The summed E-state index contributed by atoms with van der Waals surface area (Å²) in [6.07, 6.45) is 6.17. The van der Waals surface area contributed by atoms with Crippen LogP contribution in [0.25, 0.3) is 0 Å². The van der Waals surface area contributed by atoms with E-state index in [9.17, 15) is 4.79 Å². The summed E-state index contributed by atoms with van der Waals surface area (Å²) in [4.78, 5) is 12.4. The number of amides is 1. The number of anilines is 1. The molecule has 1 aliphatic rings. The molecule has 5 heteroatoms. The van der Waals surface area contributed by atoms with E-state index < -0.39 is 0 Å². The van der Waals surface area contributed by atoms with E-state index in [0.717, 1.165) is 12.8 Å². The van der Waals surface area contributed by atoms with Gasteiger partial charge < -0.3 is 15.4 Å². The average molecular weight is 311 g/mol. The minimum atomic E-state index is -0.0753. The number of halogens is 1. The van der Waals surface area contributed by atoms with E-state index in [0.29, 0.717) is 22.9 Å². The largest absolute Gasteiger partial charge is 0.495 e. The normalized spacial score (nSPS) is 17.3. The van der Waals surface area contributed by atoms with E-state index in [2.05, 4.69) is 10.6 Å². The van der Waals surface area contributed by atoms with Crippen LogP contribution in [0.5, 0.6) is 5.75 Å². The topological polar surface area (TPSA) is 50.4 Å². The number of carbonyl (C=O) groups is 1. The van der Waals surface area contributed by atoms with Crippen LogP contribution in [0.2, 0.25) is 5.02 Å². The van der Waals surface area contributed by atoms with Crippen LogP contribution in [0.1, 0.15) is 38.5 Å². The van der Waals surface area contributed by atoms with Crippen LogP contribution in [-0.2, 0) is 4.79 Å². The van der Waals surface area contributed by atoms with Gasteiger partial charge in [0.1, 0.15) is 5.75 Å². The molecule has 0 heterocycles. The Balaban J connectivity index is 2.05. The Morgan fingerprint density at radius 1 is 1.33 bits per heavy atom. The maximum absolute atomic E-state index is 12.4. The van der Waals surface area contributed by atoms with Gasteiger partial charge in [0.25, 0.3) is 0 Å². The zero-order valence-electron chi connectivity index (χ0n) is 12.7. The van der Waals surface area contributed by atoms with E-state index in [-0.39, 0.29) is 11.4 Å². The second-order valence-corrected chi connectivity index (χ2v) is 6.10. The molecule has 1 aliphatic carbocycles. The van der Waals surface area contributed by atoms with Gasteiger partial charge in [0.05, 0.1) is 12.8 Å². The molecule has 1 saturated carbocycles. The van der Waals surface area contributed by atoms with Gasteiger partial charge >= 0.3 is 0 Å². The van der Waals surface area contributed by atoms with Crippen molar-refractivity contribution < 1.29 is 9.53 Å². The Morgan fingerprint density at radius 3 is 2.67 bits per heavy atom. The quantitative estimate of drug-likeness (QED) is 0.873. The summed E-state index contributed by atoms with van der Waals surface area (Å²) in [5.74, 6) is 0.613. The number of hydrogen-bond acceptors (Lipinski definition) is 3. The van der Waals surface area contributed by atoms with Crippen molar-refractivity contribution in [1.82, 2.24) is 5.32 Å². The van der Waals surface area contributed by atoms with Gasteiger partial charge in [-0.25, -0.2) is 0 Å². The minimum absolute atomic E-state index is 0.00758. The highest BCUT2D eigenvalue weighted by Crippen LogP contribution is 2.32. The number of benzene rings is 1. The first-order chi connectivity index (χ1) is 10.1. The molecular weight excluding hydrogens is 288 g/mol. The molecule has 1 aromatic carbocycles. The van der Waals surface area contributed by atoms with Crippen molar-refractivity contribution in [2.45, 2.75) is 44.1 Å². The highest BCUT2D eigenvalue weighted by atomic mass is 35.5. The molecule has 0 radical (unpaired) electrons. The fourth-order valence-corrected chi connectivity index (χ4v) is 3.20. The summed E-state index contributed by atoms with van der Waals surface area (Å²) in [7, 11) is 3.52. The lowest BCUT2D eigenvalue weighted by atomic mass is 9.79. The van der Waals surface area contributed by atoms with Gasteiger partial charge in [0.2, 0.25) is 5.91 Å².